The van der Waals surface area contributed by atoms with Crippen LogP contribution in [0.4, 0.5) is 0 Å². The number of hydrogen-bond donors (Lipinski definition) is 1. The standard InChI is InChI=1S/C15H19ClN2S/c1-15(2,3)18-10-13-9-17-14(19-13)8-11-5-4-6-12(16)7-11/h4-7,9,18H,8,10H2,1-3H3. The van der Waals surface area contributed by atoms with Crippen LogP contribution in [0.5, 0.6) is 0 Å². The lowest BCUT2D eigenvalue weighted by Crippen LogP contribution is -2.34. The Hall–Kier alpha value is -0.900. The highest BCUT2D eigenvalue weighted by molar-refractivity contribution is 7.11. The van der Waals surface area contributed by atoms with E-state index in [4.69, 9.17) is 11.6 Å². The van der Waals surface area contributed by atoms with Crippen LogP contribution in [0.25, 0.3) is 0 Å². The van der Waals surface area contributed by atoms with Gasteiger partial charge in [0.2, 0.25) is 0 Å². The summed E-state index contributed by atoms with van der Waals surface area (Å²) in [6.45, 7) is 7.37. The van der Waals surface area contributed by atoms with E-state index in [0.717, 1.165) is 23.0 Å². The van der Waals surface area contributed by atoms with Crippen LogP contribution in [-0.2, 0) is 13.0 Å². The first-order valence-electron chi connectivity index (χ1n) is 6.35. The summed E-state index contributed by atoms with van der Waals surface area (Å²) in [7, 11) is 0. The molecule has 0 saturated carbocycles. The summed E-state index contributed by atoms with van der Waals surface area (Å²) in [5, 5.41) is 5.39. The highest BCUT2D eigenvalue weighted by atomic mass is 35.5. The molecule has 2 aromatic rings. The summed E-state index contributed by atoms with van der Waals surface area (Å²) in [6.07, 6.45) is 2.81. The predicted octanol–water partition coefficient (Wildman–Crippen LogP) is 4.28. The van der Waals surface area contributed by atoms with E-state index in [-0.39, 0.29) is 5.54 Å². The number of hydrogen-bond acceptors (Lipinski definition) is 3. The minimum absolute atomic E-state index is 0.136. The van der Waals surface area contributed by atoms with E-state index in [1.54, 1.807) is 11.3 Å². The molecular formula is C15H19ClN2S. The van der Waals surface area contributed by atoms with Crippen molar-refractivity contribution in [2.24, 2.45) is 0 Å². The Morgan fingerprint density at radius 3 is 2.79 bits per heavy atom. The van der Waals surface area contributed by atoms with Gasteiger partial charge in [-0.15, -0.1) is 11.3 Å². The van der Waals surface area contributed by atoms with E-state index in [1.807, 2.05) is 24.4 Å². The summed E-state index contributed by atoms with van der Waals surface area (Å²) in [5.74, 6) is 0. The molecule has 0 bridgehead atoms. The van der Waals surface area contributed by atoms with Crippen molar-refractivity contribution in [3.05, 3.63) is 50.9 Å². The first-order valence-corrected chi connectivity index (χ1v) is 7.55. The van der Waals surface area contributed by atoms with E-state index >= 15 is 0 Å². The lowest BCUT2D eigenvalue weighted by Gasteiger charge is -2.19. The van der Waals surface area contributed by atoms with Crippen molar-refractivity contribution < 1.29 is 0 Å². The molecule has 0 aliphatic rings. The molecule has 2 nitrogen and oxygen atoms in total. The van der Waals surface area contributed by atoms with Gasteiger partial charge in [-0.1, -0.05) is 23.7 Å². The molecular weight excluding hydrogens is 276 g/mol. The van der Waals surface area contributed by atoms with Crippen molar-refractivity contribution in [3.8, 4) is 0 Å². The maximum atomic E-state index is 5.99. The average Bonchev–Trinajstić information content (AvgIpc) is 2.73. The SMILES string of the molecule is CC(C)(C)NCc1cnc(Cc2cccc(Cl)c2)s1. The number of nitrogens with zero attached hydrogens (tertiary/aromatic N) is 1. The van der Waals surface area contributed by atoms with Crippen molar-refractivity contribution in [3.63, 3.8) is 0 Å². The Bertz CT molecular complexity index is 543. The van der Waals surface area contributed by atoms with Gasteiger partial charge in [-0.2, -0.15) is 0 Å². The molecule has 102 valence electrons. The van der Waals surface area contributed by atoms with Crippen LogP contribution in [0.15, 0.2) is 30.5 Å². The van der Waals surface area contributed by atoms with Crippen LogP contribution >= 0.6 is 22.9 Å². The molecule has 0 atom stereocenters. The number of aromatic nitrogens is 1. The Kier molecular flexibility index (Phi) is 4.61. The molecule has 0 amide bonds. The van der Waals surface area contributed by atoms with Gasteiger partial charge in [-0.25, -0.2) is 4.98 Å². The second-order valence-corrected chi connectivity index (χ2v) is 7.27. The molecule has 2 rings (SSSR count). The second kappa shape index (κ2) is 6.04. The number of thiazole rings is 1. The van der Waals surface area contributed by atoms with Gasteiger partial charge >= 0.3 is 0 Å². The molecule has 1 heterocycles. The number of benzene rings is 1. The van der Waals surface area contributed by atoms with Gasteiger partial charge in [-0.3, -0.25) is 0 Å². The van der Waals surface area contributed by atoms with Gasteiger partial charge in [0.05, 0.1) is 5.01 Å². The molecule has 0 unspecified atom stereocenters. The molecule has 19 heavy (non-hydrogen) atoms. The van der Waals surface area contributed by atoms with E-state index in [9.17, 15) is 0 Å². The Balaban J connectivity index is 1.97. The van der Waals surface area contributed by atoms with Gasteiger partial charge < -0.3 is 5.32 Å². The highest BCUT2D eigenvalue weighted by Gasteiger charge is 2.10. The maximum absolute atomic E-state index is 5.99. The molecule has 1 N–H and O–H groups in total. The number of nitrogens with one attached hydrogen (secondary N) is 1. The maximum Gasteiger partial charge on any atom is 0.0972 e. The lowest BCUT2D eigenvalue weighted by atomic mass is 10.1. The van der Waals surface area contributed by atoms with E-state index < -0.39 is 0 Å². The zero-order valence-electron chi connectivity index (χ0n) is 11.5. The first kappa shape index (κ1) is 14.5. The fourth-order valence-corrected chi connectivity index (χ4v) is 2.79. The largest absolute Gasteiger partial charge is 0.307 e. The highest BCUT2D eigenvalue weighted by Crippen LogP contribution is 2.19. The van der Waals surface area contributed by atoms with Crippen molar-refractivity contribution in [2.75, 3.05) is 0 Å². The summed E-state index contributed by atoms with van der Waals surface area (Å²) in [6, 6.07) is 7.95. The third kappa shape index (κ3) is 4.94. The van der Waals surface area contributed by atoms with Gasteiger partial charge in [0.25, 0.3) is 0 Å². The summed E-state index contributed by atoms with van der Waals surface area (Å²) >= 11 is 7.75. The van der Waals surface area contributed by atoms with Crippen LogP contribution in [-0.4, -0.2) is 10.5 Å². The quantitative estimate of drug-likeness (QED) is 0.910. The van der Waals surface area contributed by atoms with Gasteiger partial charge in [0, 0.05) is 34.6 Å². The van der Waals surface area contributed by atoms with Gasteiger partial charge in [-0.05, 0) is 38.5 Å². The van der Waals surface area contributed by atoms with Gasteiger partial charge in [0.15, 0.2) is 0 Å². The Morgan fingerprint density at radius 2 is 2.11 bits per heavy atom. The summed E-state index contributed by atoms with van der Waals surface area (Å²) < 4.78 is 0. The van der Waals surface area contributed by atoms with Gasteiger partial charge in [0.1, 0.15) is 0 Å². The zero-order chi connectivity index (χ0) is 13.9. The van der Waals surface area contributed by atoms with Crippen molar-refractivity contribution in [1.82, 2.24) is 10.3 Å². The number of rotatable bonds is 4. The molecule has 0 fully saturated rings. The zero-order valence-corrected chi connectivity index (χ0v) is 13.1. The average molecular weight is 295 g/mol. The smallest absolute Gasteiger partial charge is 0.0972 e. The molecule has 0 spiro atoms. The summed E-state index contributed by atoms with van der Waals surface area (Å²) in [4.78, 5) is 5.75. The minimum Gasteiger partial charge on any atom is -0.307 e. The van der Waals surface area contributed by atoms with Crippen LogP contribution in [0.1, 0.15) is 36.2 Å². The summed E-state index contributed by atoms with van der Waals surface area (Å²) in [5.41, 5.74) is 1.34. The van der Waals surface area contributed by atoms with Crippen molar-refractivity contribution >= 4 is 22.9 Å². The normalized spacial score (nSPS) is 11.8. The second-order valence-electron chi connectivity index (χ2n) is 5.63. The molecule has 1 aromatic heterocycles. The third-order valence-corrected chi connectivity index (χ3v) is 3.87. The Morgan fingerprint density at radius 1 is 1.32 bits per heavy atom. The first-order chi connectivity index (χ1) is 8.92. The molecule has 4 heteroatoms. The molecule has 0 radical (unpaired) electrons. The number of halogens is 1. The Labute approximate surface area is 123 Å². The van der Waals surface area contributed by atoms with Crippen LogP contribution in [0.2, 0.25) is 5.02 Å². The van der Waals surface area contributed by atoms with Crippen LogP contribution in [0.3, 0.4) is 0 Å². The molecule has 0 aliphatic heterocycles. The topological polar surface area (TPSA) is 24.9 Å². The van der Waals surface area contributed by atoms with Crippen LogP contribution in [0, 0.1) is 0 Å². The van der Waals surface area contributed by atoms with E-state index in [1.165, 1.54) is 10.4 Å². The van der Waals surface area contributed by atoms with Crippen molar-refractivity contribution in [1.29, 1.82) is 0 Å². The van der Waals surface area contributed by atoms with Crippen LogP contribution < -0.4 is 5.32 Å². The van der Waals surface area contributed by atoms with E-state index in [0.29, 0.717) is 0 Å². The minimum atomic E-state index is 0.136. The fourth-order valence-electron chi connectivity index (χ4n) is 1.69. The molecule has 0 saturated heterocycles. The van der Waals surface area contributed by atoms with Crippen molar-refractivity contribution in [2.45, 2.75) is 39.3 Å². The lowest BCUT2D eigenvalue weighted by molar-refractivity contribution is 0.426. The molecule has 0 aliphatic carbocycles. The fraction of sp³-hybridized carbons (Fsp3) is 0.400. The third-order valence-electron chi connectivity index (χ3n) is 2.64. The predicted molar refractivity (Wildman–Crippen MR) is 83.0 cm³/mol. The van der Waals surface area contributed by atoms with E-state index in [2.05, 4.69) is 37.1 Å². The monoisotopic (exact) mass is 294 g/mol. The molecule has 1 aromatic carbocycles.